The largest absolute Gasteiger partial charge is 0.357 e. The van der Waals surface area contributed by atoms with Crippen LogP contribution in [0.5, 0.6) is 0 Å². The number of rotatable bonds is 2. The van der Waals surface area contributed by atoms with Gasteiger partial charge in [0.05, 0.1) is 12.1 Å². The molecule has 132 valence electrons. The highest BCUT2D eigenvalue weighted by atomic mass is 32.1. The van der Waals surface area contributed by atoms with Gasteiger partial charge in [-0.1, -0.05) is 18.2 Å². The fraction of sp³-hybridized carbons (Fsp3) is 0.300. The van der Waals surface area contributed by atoms with E-state index in [4.69, 9.17) is 0 Å². The van der Waals surface area contributed by atoms with Crippen LogP contribution in [0.4, 0.5) is 0 Å². The van der Waals surface area contributed by atoms with Crippen LogP contribution in [0.25, 0.3) is 21.1 Å². The number of fused-ring (bicyclic) bond motifs is 4. The second-order valence-corrected chi connectivity index (χ2v) is 8.12. The number of nitrogens with one attached hydrogen (secondary N) is 1. The van der Waals surface area contributed by atoms with Crippen molar-refractivity contribution in [3.63, 3.8) is 0 Å². The highest BCUT2D eigenvalue weighted by molar-refractivity contribution is 7.13. The standard InChI is InChI=1S/C20H20N4OS/c1-12-9-13(2)21-19-18(12)20(25)24(26-19)11-23-8-7-15-14-5-3-4-6-16(14)22-17(15)10-23/h3-6,9,22H,7-8,10-11H2,1-2H3. The molecule has 5 nitrogen and oxygen atoms in total. The third-order valence-electron chi connectivity index (χ3n) is 5.24. The van der Waals surface area contributed by atoms with Crippen LogP contribution in [-0.2, 0) is 19.6 Å². The Morgan fingerprint density at radius 1 is 1.27 bits per heavy atom. The number of aromatic amines is 1. The van der Waals surface area contributed by atoms with E-state index in [2.05, 4.69) is 39.1 Å². The van der Waals surface area contributed by atoms with Gasteiger partial charge in [-0.15, -0.1) is 0 Å². The Morgan fingerprint density at radius 2 is 2.12 bits per heavy atom. The average Bonchev–Trinajstić information content (AvgIpc) is 3.12. The third kappa shape index (κ3) is 2.40. The van der Waals surface area contributed by atoms with Crippen LogP contribution in [-0.4, -0.2) is 25.4 Å². The van der Waals surface area contributed by atoms with E-state index in [1.54, 1.807) is 0 Å². The van der Waals surface area contributed by atoms with Crippen molar-refractivity contribution in [1.29, 1.82) is 0 Å². The van der Waals surface area contributed by atoms with Crippen molar-refractivity contribution in [3.05, 3.63) is 63.2 Å². The molecule has 0 radical (unpaired) electrons. The van der Waals surface area contributed by atoms with Crippen molar-refractivity contribution in [2.24, 2.45) is 0 Å². The molecule has 0 spiro atoms. The number of pyridine rings is 1. The first-order chi connectivity index (χ1) is 12.6. The lowest BCUT2D eigenvalue weighted by Gasteiger charge is -2.26. The van der Waals surface area contributed by atoms with Crippen LogP contribution >= 0.6 is 11.5 Å². The summed E-state index contributed by atoms with van der Waals surface area (Å²) in [6.07, 6.45) is 1.01. The lowest BCUT2D eigenvalue weighted by molar-refractivity contribution is 0.204. The maximum absolute atomic E-state index is 12.8. The minimum Gasteiger partial charge on any atom is -0.357 e. The smallest absolute Gasteiger partial charge is 0.271 e. The van der Waals surface area contributed by atoms with E-state index in [0.717, 1.165) is 41.0 Å². The SMILES string of the molecule is Cc1cc(C)c2c(=O)n(CN3CCc4c([nH]c5ccccc45)C3)sc2n1. The molecule has 1 N–H and O–H groups in total. The molecule has 5 rings (SSSR count). The monoisotopic (exact) mass is 364 g/mol. The van der Waals surface area contributed by atoms with Crippen LogP contribution in [0.2, 0.25) is 0 Å². The van der Waals surface area contributed by atoms with Gasteiger partial charge in [0.2, 0.25) is 0 Å². The summed E-state index contributed by atoms with van der Waals surface area (Å²) in [6, 6.07) is 10.5. The summed E-state index contributed by atoms with van der Waals surface area (Å²) < 4.78 is 1.84. The van der Waals surface area contributed by atoms with Gasteiger partial charge < -0.3 is 4.98 Å². The van der Waals surface area contributed by atoms with Crippen LogP contribution < -0.4 is 5.56 Å². The topological polar surface area (TPSA) is 53.9 Å². The number of hydrogen-bond donors (Lipinski definition) is 1. The zero-order chi connectivity index (χ0) is 17.8. The minimum absolute atomic E-state index is 0.0810. The van der Waals surface area contributed by atoms with Crippen molar-refractivity contribution in [2.75, 3.05) is 6.54 Å². The van der Waals surface area contributed by atoms with Gasteiger partial charge in [-0.25, -0.2) is 8.94 Å². The Hall–Kier alpha value is -2.44. The zero-order valence-corrected chi connectivity index (χ0v) is 15.7. The summed E-state index contributed by atoms with van der Waals surface area (Å²) in [4.78, 5) is 24.1. The molecular weight excluding hydrogens is 344 g/mol. The minimum atomic E-state index is 0.0810. The summed E-state index contributed by atoms with van der Waals surface area (Å²) in [5, 5.41) is 2.10. The summed E-state index contributed by atoms with van der Waals surface area (Å²) >= 11 is 1.47. The van der Waals surface area contributed by atoms with E-state index in [-0.39, 0.29) is 5.56 Å². The molecule has 4 heterocycles. The number of aromatic nitrogens is 3. The Labute approximate surface area is 155 Å². The molecule has 3 aromatic heterocycles. The molecule has 0 unspecified atom stereocenters. The predicted octanol–water partition coefficient (Wildman–Crippen LogP) is 3.57. The van der Waals surface area contributed by atoms with Crippen LogP contribution in [0, 0.1) is 13.8 Å². The number of aryl methyl sites for hydroxylation is 2. The molecule has 0 atom stereocenters. The number of hydrogen-bond acceptors (Lipinski definition) is 4. The van der Waals surface area contributed by atoms with E-state index in [9.17, 15) is 4.79 Å². The molecule has 0 saturated heterocycles. The second kappa shape index (κ2) is 5.79. The number of nitrogens with zero attached hydrogens (tertiary/aromatic N) is 3. The van der Waals surface area contributed by atoms with Gasteiger partial charge in [0.1, 0.15) is 4.83 Å². The van der Waals surface area contributed by atoms with E-state index < -0.39 is 0 Å². The molecule has 0 fully saturated rings. The van der Waals surface area contributed by atoms with E-state index >= 15 is 0 Å². The summed E-state index contributed by atoms with van der Waals surface area (Å²) in [7, 11) is 0. The Bertz CT molecular complexity index is 1200. The van der Waals surface area contributed by atoms with Crippen molar-refractivity contribution in [1.82, 2.24) is 18.8 Å². The molecule has 26 heavy (non-hydrogen) atoms. The normalized spacial score (nSPS) is 15.0. The van der Waals surface area contributed by atoms with Gasteiger partial charge in [-0.3, -0.25) is 9.69 Å². The fourth-order valence-electron chi connectivity index (χ4n) is 4.04. The van der Waals surface area contributed by atoms with Crippen LogP contribution in [0.15, 0.2) is 35.1 Å². The molecule has 1 aromatic carbocycles. The first kappa shape index (κ1) is 15.8. The third-order valence-corrected chi connectivity index (χ3v) is 6.21. The van der Waals surface area contributed by atoms with Gasteiger partial charge >= 0.3 is 0 Å². The molecule has 4 aromatic rings. The van der Waals surface area contributed by atoms with Crippen molar-refractivity contribution in [2.45, 2.75) is 33.5 Å². The zero-order valence-electron chi connectivity index (χ0n) is 14.9. The number of H-pyrrole nitrogens is 1. The molecule has 0 aliphatic carbocycles. The Kier molecular flexibility index (Phi) is 3.52. The van der Waals surface area contributed by atoms with E-state index in [1.165, 1.54) is 33.7 Å². The molecule has 0 saturated carbocycles. The van der Waals surface area contributed by atoms with Gasteiger partial charge in [-0.2, -0.15) is 0 Å². The van der Waals surface area contributed by atoms with Crippen molar-refractivity contribution < 1.29 is 0 Å². The molecule has 0 bridgehead atoms. The first-order valence-electron chi connectivity index (χ1n) is 8.89. The molecule has 0 amide bonds. The Morgan fingerprint density at radius 3 is 3.00 bits per heavy atom. The lowest BCUT2D eigenvalue weighted by atomic mass is 10.0. The number of para-hydroxylation sites is 1. The van der Waals surface area contributed by atoms with Crippen molar-refractivity contribution >= 4 is 32.7 Å². The fourth-order valence-corrected chi connectivity index (χ4v) is 5.17. The highest BCUT2D eigenvalue weighted by Gasteiger charge is 2.22. The quantitative estimate of drug-likeness (QED) is 0.592. The number of benzene rings is 1. The molecule has 1 aliphatic rings. The molecule has 6 heteroatoms. The van der Waals surface area contributed by atoms with Crippen LogP contribution in [0.3, 0.4) is 0 Å². The predicted molar refractivity (Wildman–Crippen MR) is 106 cm³/mol. The van der Waals surface area contributed by atoms with E-state index in [0.29, 0.717) is 6.67 Å². The maximum Gasteiger partial charge on any atom is 0.271 e. The van der Waals surface area contributed by atoms with Crippen molar-refractivity contribution in [3.8, 4) is 0 Å². The van der Waals surface area contributed by atoms with Crippen LogP contribution in [0.1, 0.15) is 22.5 Å². The Balaban J connectivity index is 1.47. The molecule has 1 aliphatic heterocycles. The van der Waals surface area contributed by atoms with E-state index in [1.807, 2.05) is 23.9 Å². The summed E-state index contributed by atoms with van der Waals surface area (Å²) in [5.41, 5.74) is 5.96. The summed E-state index contributed by atoms with van der Waals surface area (Å²) in [6.45, 7) is 6.39. The first-order valence-corrected chi connectivity index (χ1v) is 9.66. The maximum atomic E-state index is 12.8. The van der Waals surface area contributed by atoms with Gasteiger partial charge in [0.25, 0.3) is 5.56 Å². The van der Waals surface area contributed by atoms with Gasteiger partial charge in [0, 0.05) is 35.4 Å². The lowest BCUT2D eigenvalue weighted by Crippen LogP contribution is -2.34. The second-order valence-electron chi connectivity index (χ2n) is 7.11. The molecular formula is C20H20N4OS. The van der Waals surface area contributed by atoms with Gasteiger partial charge in [0.15, 0.2) is 0 Å². The highest BCUT2D eigenvalue weighted by Crippen LogP contribution is 2.28. The summed E-state index contributed by atoms with van der Waals surface area (Å²) in [5.74, 6) is 0. The average molecular weight is 364 g/mol. The van der Waals surface area contributed by atoms with Gasteiger partial charge in [-0.05, 0) is 55.1 Å².